The van der Waals surface area contributed by atoms with Gasteiger partial charge in [0.05, 0.1) is 6.54 Å². The zero-order valence-electron chi connectivity index (χ0n) is 29.1. The van der Waals surface area contributed by atoms with E-state index >= 15 is 0 Å². The predicted octanol–water partition coefficient (Wildman–Crippen LogP) is 5.52. The molecule has 6 rings (SSSR count). The van der Waals surface area contributed by atoms with E-state index in [2.05, 4.69) is 21.3 Å². The van der Waals surface area contributed by atoms with E-state index in [1.165, 1.54) is 0 Å². The van der Waals surface area contributed by atoms with Crippen LogP contribution in [0.4, 0.5) is 9.59 Å². The Morgan fingerprint density at radius 3 is 2.00 bits per heavy atom. The fraction of sp³-hybridized carbons (Fsp3) is 0.579. The molecule has 0 aliphatic heterocycles. The Morgan fingerprint density at radius 2 is 1.39 bits per heavy atom. The second-order valence-electron chi connectivity index (χ2n) is 15.2. The molecule has 11 nitrogen and oxygen atoms in total. The molecule has 4 aliphatic carbocycles. The van der Waals surface area contributed by atoms with Crippen LogP contribution in [0.2, 0.25) is 0 Å². The molecule has 0 spiro atoms. The number of hydrogen-bond acceptors (Lipinski definition) is 8. The molecule has 0 aromatic heterocycles. The van der Waals surface area contributed by atoms with Crippen LogP contribution in [-0.2, 0) is 37.0 Å². The largest absolute Gasteiger partial charge is 0.460 e. The number of esters is 1. The summed E-state index contributed by atoms with van der Waals surface area (Å²) in [6.45, 7) is 6.26. The van der Waals surface area contributed by atoms with Gasteiger partial charge in [0.25, 0.3) is 0 Å². The highest BCUT2D eigenvalue weighted by molar-refractivity contribution is 5.86. The van der Waals surface area contributed by atoms with Crippen molar-refractivity contribution in [3.8, 4) is 0 Å². The van der Waals surface area contributed by atoms with Crippen molar-refractivity contribution in [1.82, 2.24) is 21.3 Å². The second kappa shape index (κ2) is 16.1. The van der Waals surface area contributed by atoms with Crippen molar-refractivity contribution in [2.24, 2.45) is 11.8 Å². The van der Waals surface area contributed by atoms with Gasteiger partial charge >= 0.3 is 18.2 Å². The van der Waals surface area contributed by atoms with Gasteiger partial charge in [-0.1, -0.05) is 60.7 Å². The molecule has 49 heavy (non-hydrogen) atoms. The van der Waals surface area contributed by atoms with E-state index in [9.17, 15) is 19.2 Å². The molecule has 266 valence electrons. The molecule has 0 saturated heterocycles. The Labute approximate surface area is 289 Å². The van der Waals surface area contributed by atoms with Gasteiger partial charge in [-0.3, -0.25) is 9.59 Å². The Hall–Kier alpha value is -4.12. The molecule has 11 heteroatoms. The molecule has 2 unspecified atom stereocenters. The van der Waals surface area contributed by atoms with Crippen LogP contribution in [0.25, 0.3) is 0 Å². The summed E-state index contributed by atoms with van der Waals surface area (Å²) in [5.41, 5.74) is 0.467. The van der Waals surface area contributed by atoms with Crippen LogP contribution in [0.15, 0.2) is 60.7 Å². The van der Waals surface area contributed by atoms with E-state index in [-0.39, 0.29) is 37.2 Å². The first kappa shape index (κ1) is 36.2. The Morgan fingerprint density at radius 1 is 0.796 bits per heavy atom. The lowest BCUT2D eigenvalue weighted by Crippen LogP contribution is -2.70. The van der Waals surface area contributed by atoms with Gasteiger partial charge in [0.15, 0.2) is 0 Å². The highest BCUT2D eigenvalue weighted by Crippen LogP contribution is 2.57. The quantitative estimate of drug-likeness (QED) is 0.110. The van der Waals surface area contributed by atoms with Crippen LogP contribution < -0.4 is 21.3 Å². The number of benzene rings is 2. The SMILES string of the molecule is CC(C)(C)OC(=O)N[C@@H](CCCCNC(=O)OCc1ccccc1)C(=O)NC12C[C@@H]3C[C@@H](CC(NCC(=O)OCc4ccccc4)(C3)C1)C2. The van der Waals surface area contributed by atoms with E-state index in [0.29, 0.717) is 37.6 Å². The number of amides is 3. The van der Waals surface area contributed by atoms with E-state index < -0.39 is 29.4 Å². The lowest BCUT2D eigenvalue weighted by molar-refractivity contribution is -0.146. The minimum atomic E-state index is -0.801. The van der Waals surface area contributed by atoms with Crippen molar-refractivity contribution in [3.63, 3.8) is 0 Å². The Balaban J connectivity index is 1.14. The van der Waals surface area contributed by atoms with Gasteiger partial charge in [0.2, 0.25) is 5.91 Å². The summed E-state index contributed by atoms with van der Waals surface area (Å²) in [5.74, 6) is 0.359. The molecule has 5 atom stereocenters. The van der Waals surface area contributed by atoms with Crippen LogP contribution in [-0.4, -0.2) is 59.9 Å². The van der Waals surface area contributed by atoms with Gasteiger partial charge in [0.1, 0.15) is 24.9 Å². The van der Waals surface area contributed by atoms with Crippen molar-refractivity contribution in [2.45, 2.75) is 114 Å². The van der Waals surface area contributed by atoms with Gasteiger partial charge < -0.3 is 35.5 Å². The average molecular weight is 677 g/mol. The number of alkyl carbamates (subject to hydrolysis) is 2. The molecule has 4 saturated carbocycles. The smallest absolute Gasteiger partial charge is 0.408 e. The second-order valence-corrected chi connectivity index (χ2v) is 15.2. The predicted molar refractivity (Wildman–Crippen MR) is 184 cm³/mol. The van der Waals surface area contributed by atoms with Crippen LogP contribution in [0.1, 0.15) is 89.7 Å². The fourth-order valence-electron chi connectivity index (χ4n) is 8.17. The van der Waals surface area contributed by atoms with E-state index in [1.54, 1.807) is 20.8 Å². The minimum Gasteiger partial charge on any atom is -0.460 e. The Bertz CT molecular complexity index is 1410. The van der Waals surface area contributed by atoms with Crippen LogP contribution >= 0.6 is 0 Å². The first-order chi connectivity index (χ1) is 23.4. The summed E-state index contributed by atoms with van der Waals surface area (Å²) in [5, 5.41) is 12.5. The monoisotopic (exact) mass is 676 g/mol. The van der Waals surface area contributed by atoms with Crippen molar-refractivity contribution >= 4 is 24.1 Å². The van der Waals surface area contributed by atoms with E-state index in [0.717, 1.165) is 49.7 Å². The minimum absolute atomic E-state index is 0.118. The van der Waals surface area contributed by atoms with Crippen molar-refractivity contribution in [2.75, 3.05) is 13.1 Å². The summed E-state index contributed by atoms with van der Waals surface area (Å²) >= 11 is 0. The third kappa shape index (κ3) is 10.9. The highest BCUT2D eigenvalue weighted by Gasteiger charge is 2.58. The topological polar surface area (TPSA) is 144 Å². The van der Waals surface area contributed by atoms with Crippen molar-refractivity contribution < 1.29 is 33.4 Å². The van der Waals surface area contributed by atoms with Crippen molar-refractivity contribution in [1.29, 1.82) is 0 Å². The molecule has 4 fully saturated rings. The summed E-state index contributed by atoms with van der Waals surface area (Å²) in [4.78, 5) is 51.6. The average Bonchev–Trinajstić information content (AvgIpc) is 3.04. The lowest BCUT2D eigenvalue weighted by atomic mass is 9.50. The maximum Gasteiger partial charge on any atom is 0.408 e. The number of hydrogen-bond donors (Lipinski definition) is 4. The summed E-state index contributed by atoms with van der Waals surface area (Å²) in [6.07, 6.45) is 5.96. The van der Waals surface area contributed by atoms with Crippen LogP contribution in [0.3, 0.4) is 0 Å². The van der Waals surface area contributed by atoms with Gasteiger partial charge in [-0.05, 0) is 102 Å². The molecule has 4 N–H and O–H groups in total. The summed E-state index contributed by atoms with van der Waals surface area (Å²) in [6, 6.07) is 18.3. The normalized spacial score (nSPS) is 24.4. The van der Waals surface area contributed by atoms with E-state index in [1.807, 2.05) is 60.7 Å². The fourth-order valence-corrected chi connectivity index (χ4v) is 8.17. The van der Waals surface area contributed by atoms with Gasteiger partial charge in [0, 0.05) is 17.6 Å². The molecule has 3 amide bonds. The maximum absolute atomic E-state index is 13.9. The molecule has 4 bridgehead atoms. The highest BCUT2D eigenvalue weighted by atomic mass is 16.6. The molecule has 4 aliphatic rings. The zero-order valence-corrected chi connectivity index (χ0v) is 29.1. The zero-order chi connectivity index (χ0) is 34.9. The standard InChI is InChI=1S/C38H52N4O7/c1-36(2,3)49-35(46)41-31(16-10-11-17-39-34(45)48-25-28-14-8-5-9-15-28)33(44)42-38-21-29-18-30(22-38)20-37(19-29,26-38)40-23-32(43)47-24-27-12-6-4-7-13-27/h4-9,12-15,29-31,40H,10-11,16-26H2,1-3H3,(H,39,45)(H,41,46)(H,42,44)/t29-,30+,31-,37?,38?/m0/s1. The molecule has 0 radical (unpaired) electrons. The molecular weight excluding hydrogens is 624 g/mol. The van der Waals surface area contributed by atoms with Crippen LogP contribution in [0, 0.1) is 11.8 Å². The summed E-state index contributed by atoms with van der Waals surface area (Å²) in [7, 11) is 0. The van der Waals surface area contributed by atoms with Gasteiger partial charge in [-0.15, -0.1) is 0 Å². The third-order valence-corrected chi connectivity index (χ3v) is 9.71. The van der Waals surface area contributed by atoms with Gasteiger partial charge in [-0.25, -0.2) is 9.59 Å². The number of rotatable bonds is 15. The molecule has 2 aromatic rings. The Kier molecular flexibility index (Phi) is 11.9. The first-order valence-corrected chi connectivity index (χ1v) is 17.6. The maximum atomic E-state index is 13.9. The number of ether oxygens (including phenoxy) is 3. The first-order valence-electron chi connectivity index (χ1n) is 17.6. The number of nitrogens with one attached hydrogen (secondary N) is 4. The number of carbonyl (C=O) groups is 4. The lowest BCUT2D eigenvalue weighted by Gasteiger charge is -2.62. The molecule has 2 aromatic carbocycles. The summed E-state index contributed by atoms with van der Waals surface area (Å²) < 4.78 is 16.3. The third-order valence-electron chi connectivity index (χ3n) is 9.71. The van der Waals surface area contributed by atoms with Gasteiger partial charge in [-0.2, -0.15) is 0 Å². The van der Waals surface area contributed by atoms with E-state index in [4.69, 9.17) is 14.2 Å². The number of carbonyl (C=O) groups excluding carboxylic acids is 4. The molecular formula is C38H52N4O7. The number of unbranched alkanes of at least 4 members (excludes halogenated alkanes) is 1. The molecule has 0 heterocycles. The van der Waals surface area contributed by atoms with Crippen LogP contribution in [0.5, 0.6) is 0 Å². The van der Waals surface area contributed by atoms with Crippen molar-refractivity contribution in [3.05, 3.63) is 71.8 Å².